The predicted molar refractivity (Wildman–Crippen MR) is 86.5 cm³/mol. The van der Waals surface area contributed by atoms with Crippen molar-refractivity contribution in [2.45, 2.75) is 52.5 Å². The lowest BCUT2D eigenvalue weighted by Crippen LogP contribution is -2.37. The highest BCUT2D eigenvalue weighted by molar-refractivity contribution is 5.47. The fourth-order valence-electron chi connectivity index (χ4n) is 2.64. The van der Waals surface area contributed by atoms with Gasteiger partial charge in [-0.2, -0.15) is 0 Å². The average Bonchev–Trinajstić information content (AvgIpc) is 2.45. The summed E-state index contributed by atoms with van der Waals surface area (Å²) in [6.07, 6.45) is 6.77. The summed E-state index contributed by atoms with van der Waals surface area (Å²) in [5.74, 6) is 0. The Kier molecular flexibility index (Phi) is 7.50. The van der Waals surface area contributed by atoms with E-state index in [1.165, 1.54) is 43.5 Å². The number of rotatable bonds is 9. The third kappa shape index (κ3) is 5.20. The van der Waals surface area contributed by atoms with Gasteiger partial charge in [-0.05, 0) is 49.9 Å². The summed E-state index contributed by atoms with van der Waals surface area (Å²) in [6.45, 7) is 13.1. The van der Waals surface area contributed by atoms with Crippen molar-refractivity contribution in [1.82, 2.24) is 4.90 Å². The molecule has 0 aliphatic rings. The molecule has 1 unspecified atom stereocenters. The Labute approximate surface area is 119 Å². The predicted octanol–water partition coefficient (Wildman–Crippen LogP) is 4.77. The maximum absolute atomic E-state index is 3.81. The SMILES string of the molecule is C=Cc1ccc(CC(CC)N(CCC)CCC)cc1. The summed E-state index contributed by atoms with van der Waals surface area (Å²) in [5.41, 5.74) is 2.64. The number of hydrogen-bond donors (Lipinski definition) is 0. The Bertz CT molecular complexity index is 346. The summed E-state index contributed by atoms with van der Waals surface area (Å²) >= 11 is 0. The van der Waals surface area contributed by atoms with Crippen LogP contribution in [0.25, 0.3) is 6.08 Å². The summed E-state index contributed by atoms with van der Waals surface area (Å²) < 4.78 is 0. The molecule has 0 N–H and O–H groups in total. The molecule has 1 heteroatoms. The monoisotopic (exact) mass is 259 g/mol. The number of benzene rings is 1. The van der Waals surface area contributed by atoms with E-state index in [-0.39, 0.29) is 0 Å². The van der Waals surface area contributed by atoms with Crippen LogP contribution in [0.3, 0.4) is 0 Å². The van der Waals surface area contributed by atoms with Crippen molar-refractivity contribution < 1.29 is 0 Å². The Morgan fingerprint density at radius 1 is 1.05 bits per heavy atom. The van der Waals surface area contributed by atoms with E-state index < -0.39 is 0 Å². The molecule has 0 amide bonds. The summed E-state index contributed by atoms with van der Waals surface area (Å²) in [6, 6.07) is 9.50. The van der Waals surface area contributed by atoms with Gasteiger partial charge in [0.05, 0.1) is 0 Å². The second-order valence-electron chi connectivity index (χ2n) is 5.25. The van der Waals surface area contributed by atoms with Crippen LogP contribution in [0.4, 0.5) is 0 Å². The minimum atomic E-state index is 0.675. The van der Waals surface area contributed by atoms with Gasteiger partial charge in [0.1, 0.15) is 0 Å². The molecular weight excluding hydrogens is 230 g/mol. The molecule has 0 spiro atoms. The standard InChI is InChI=1S/C18H29N/c1-5-13-19(14-6-2)18(8-4)15-17-11-9-16(7-3)10-12-17/h7,9-12,18H,3,5-6,8,13-15H2,1-2,4H3. The van der Waals surface area contributed by atoms with Gasteiger partial charge >= 0.3 is 0 Å². The van der Waals surface area contributed by atoms with Crippen LogP contribution in [0.1, 0.15) is 51.2 Å². The fourth-order valence-corrected chi connectivity index (χ4v) is 2.64. The maximum Gasteiger partial charge on any atom is 0.0133 e. The molecule has 1 aromatic carbocycles. The lowest BCUT2D eigenvalue weighted by Gasteiger charge is -2.30. The topological polar surface area (TPSA) is 3.24 Å². The lowest BCUT2D eigenvalue weighted by molar-refractivity contribution is 0.189. The molecule has 106 valence electrons. The van der Waals surface area contributed by atoms with E-state index in [1.54, 1.807) is 0 Å². The summed E-state index contributed by atoms with van der Waals surface area (Å²) in [4.78, 5) is 2.65. The molecule has 1 atom stereocenters. The fraction of sp³-hybridized carbons (Fsp3) is 0.556. The van der Waals surface area contributed by atoms with E-state index in [0.29, 0.717) is 6.04 Å². The van der Waals surface area contributed by atoms with Gasteiger partial charge in [-0.1, -0.05) is 57.7 Å². The first kappa shape index (κ1) is 16.0. The first-order valence-electron chi connectivity index (χ1n) is 7.70. The maximum atomic E-state index is 3.81. The summed E-state index contributed by atoms with van der Waals surface area (Å²) in [7, 11) is 0. The second kappa shape index (κ2) is 8.92. The van der Waals surface area contributed by atoms with Gasteiger partial charge in [0.15, 0.2) is 0 Å². The Hall–Kier alpha value is -1.08. The molecule has 1 aromatic rings. The Morgan fingerprint density at radius 2 is 1.63 bits per heavy atom. The van der Waals surface area contributed by atoms with E-state index in [9.17, 15) is 0 Å². The van der Waals surface area contributed by atoms with Crippen molar-refractivity contribution in [3.8, 4) is 0 Å². The van der Waals surface area contributed by atoms with Crippen molar-refractivity contribution in [1.29, 1.82) is 0 Å². The van der Waals surface area contributed by atoms with Crippen LogP contribution < -0.4 is 0 Å². The molecule has 0 saturated heterocycles. The third-order valence-corrected chi connectivity index (χ3v) is 3.70. The highest BCUT2D eigenvalue weighted by Gasteiger charge is 2.15. The van der Waals surface area contributed by atoms with Crippen LogP contribution in [0.5, 0.6) is 0 Å². The number of hydrogen-bond acceptors (Lipinski definition) is 1. The Morgan fingerprint density at radius 3 is 2.05 bits per heavy atom. The van der Waals surface area contributed by atoms with Crippen LogP contribution in [-0.2, 0) is 6.42 Å². The van der Waals surface area contributed by atoms with Crippen LogP contribution >= 0.6 is 0 Å². The van der Waals surface area contributed by atoms with Gasteiger partial charge in [0.25, 0.3) is 0 Å². The van der Waals surface area contributed by atoms with Crippen LogP contribution in [-0.4, -0.2) is 24.0 Å². The highest BCUT2D eigenvalue weighted by atomic mass is 15.1. The van der Waals surface area contributed by atoms with Crippen molar-refractivity contribution in [2.24, 2.45) is 0 Å². The summed E-state index contributed by atoms with van der Waals surface area (Å²) in [5, 5.41) is 0. The third-order valence-electron chi connectivity index (χ3n) is 3.70. The molecule has 0 aliphatic heterocycles. The van der Waals surface area contributed by atoms with Crippen molar-refractivity contribution in [2.75, 3.05) is 13.1 Å². The molecule has 0 aliphatic carbocycles. The van der Waals surface area contributed by atoms with Gasteiger partial charge in [-0.25, -0.2) is 0 Å². The smallest absolute Gasteiger partial charge is 0.0133 e. The van der Waals surface area contributed by atoms with E-state index in [4.69, 9.17) is 0 Å². The normalized spacial score (nSPS) is 12.6. The first-order chi connectivity index (χ1) is 9.24. The highest BCUT2D eigenvalue weighted by Crippen LogP contribution is 2.14. The van der Waals surface area contributed by atoms with Crippen LogP contribution in [0, 0.1) is 0 Å². The zero-order valence-electron chi connectivity index (χ0n) is 12.9. The lowest BCUT2D eigenvalue weighted by atomic mass is 10.0. The van der Waals surface area contributed by atoms with Gasteiger partial charge in [0, 0.05) is 6.04 Å². The molecule has 1 rings (SSSR count). The minimum Gasteiger partial charge on any atom is -0.300 e. The van der Waals surface area contributed by atoms with E-state index in [0.717, 1.165) is 6.42 Å². The average molecular weight is 259 g/mol. The van der Waals surface area contributed by atoms with Crippen LogP contribution in [0.2, 0.25) is 0 Å². The molecule has 0 fully saturated rings. The second-order valence-corrected chi connectivity index (χ2v) is 5.25. The molecule has 0 heterocycles. The molecule has 0 saturated carbocycles. The van der Waals surface area contributed by atoms with E-state index in [1.807, 2.05) is 6.08 Å². The molecule has 19 heavy (non-hydrogen) atoms. The zero-order valence-corrected chi connectivity index (χ0v) is 12.9. The van der Waals surface area contributed by atoms with Gasteiger partial charge in [0.2, 0.25) is 0 Å². The van der Waals surface area contributed by atoms with Gasteiger partial charge < -0.3 is 4.90 Å². The molecule has 0 radical (unpaired) electrons. The minimum absolute atomic E-state index is 0.675. The van der Waals surface area contributed by atoms with Gasteiger partial charge in [-0.3, -0.25) is 0 Å². The van der Waals surface area contributed by atoms with Gasteiger partial charge in [-0.15, -0.1) is 0 Å². The van der Waals surface area contributed by atoms with Crippen molar-refractivity contribution >= 4 is 6.08 Å². The molecule has 1 nitrogen and oxygen atoms in total. The van der Waals surface area contributed by atoms with E-state index >= 15 is 0 Å². The molecular formula is C18H29N. The number of nitrogens with zero attached hydrogens (tertiary/aromatic N) is 1. The van der Waals surface area contributed by atoms with E-state index in [2.05, 4.69) is 56.5 Å². The quantitative estimate of drug-likeness (QED) is 0.617. The largest absolute Gasteiger partial charge is 0.300 e. The van der Waals surface area contributed by atoms with Crippen molar-refractivity contribution in [3.63, 3.8) is 0 Å². The van der Waals surface area contributed by atoms with Crippen molar-refractivity contribution in [3.05, 3.63) is 42.0 Å². The zero-order chi connectivity index (χ0) is 14.1. The first-order valence-corrected chi connectivity index (χ1v) is 7.70. The molecule has 0 aromatic heterocycles. The Balaban J connectivity index is 2.69. The van der Waals surface area contributed by atoms with Crippen LogP contribution in [0.15, 0.2) is 30.8 Å². The molecule has 0 bridgehead atoms.